The summed E-state index contributed by atoms with van der Waals surface area (Å²) in [4.78, 5) is 22.6. The van der Waals surface area contributed by atoms with Gasteiger partial charge in [-0.3, -0.25) is 9.59 Å². The maximum absolute atomic E-state index is 11.6. The standard InChI is InChI=1S/C8H14N2O5S/c1-8(2)7(13)10(16(8,14)15)5-6(12)9-3-4-11/h11H,3-5H2,1-2H3,(H,9,12). The summed E-state index contributed by atoms with van der Waals surface area (Å²) < 4.78 is 22.2. The molecule has 1 fully saturated rings. The first-order valence-corrected chi connectivity index (χ1v) is 6.13. The number of sulfonamides is 1. The summed E-state index contributed by atoms with van der Waals surface area (Å²) in [5.41, 5.74) is 0. The van der Waals surface area contributed by atoms with Crippen molar-refractivity contribution in [2.24, 2.45) is 0 Å². The molecule has 0 saturated carbocycles. The van der Waals surface area contributed by atoms with Crippen LogP contribution >= 0.6 is 0 Å². The van der Waals surface area contributed by atoms with Crippen molar-refractivity contribution in [3.63, 3.8) is 0 Å². The van der Waals surface area contributed by atoms with Crippen molar-refractivity contribution in [3.05, 3.63) is 0 Å². The van der Waals surface area contributed by atoms with Crippen LogP contribution in [0.2, 0.25) is 0 Å². The SMILES string of the molecule is CC1(C)C(=O)N(CC(=O)NCCO)S1(=O)=O. The minimum absolute atomic E-state index is 0.0320. The average molecular weight is 250 g/mol. The normalized spacial score (nSPS) is 21.4. The molecule has 1 saturated heterocycles. The lowest BCUT2D eigenvalue weighted by Gasteiger charge is -2.42. The lowest BCUT2D eigenvalue weighted by atomic mass is 10.2. The largest absolute Gasteiger partial charge is 0.395 e. The second-order valence-electron chi connectivity index (χ2n) is 3.90. The molecule has 0 aromatic heterocycles. The molecule has 1 aliphatic rings. The molecular weight excluding hydrogens is 236 g/mol. The Morgan fingerprint density at radius 1 is 1.50 bits per heavy atom. The van der Waals surface area contributed by atoms with E-state index in [1.54, 1.807) is 0 Å². The van der Waals surface area contributed by atoms with Gasteiger partial charge in [-0.2, -0.15) is 0 Å². The van der Waals surface area contributed by atoms with E-state index in [9.17, 15) is 18.0 Å². The van der Waals surface area contributed by atoms with E-state index in [0.717, 1.165) is 0 Å². The fourth-order valence-corrected chi connectivity index (χ4v) is 2.78. The fraction of sp³-hybridized carbons (Fsp3) is 0.750. The Balaban J connectivity index is 2.65. The first-order chi connectivity index (χ1) is 7.25. The summed E-state index contributed by atoms with van der Waals surface area (Å²) in [7, 11) is -3.71. The lowest BCUT2D eigenvalue weighted by Crippen LogP contribution is -2.68. The number of hydrogen-bond acceptors (Lipinski definition) is 5. The summed E-state index contributed by atoms with van der Waals surface area (Å²) in [5.74, 6) is -1.20. The monoisotopic (exact) mass is 250 g/mol. The van der Waals surface area contributed by atoms with Crippen LogP contribution in [0.5, 0.6) is 0 Å². The van der Waals surface area contributed by atoms with Crippen LogP contribution in [-0.2, 0) is 19.6 Å². The molecule has 92 valence electrons. The van der Waals surface area contributed by atoms with Crippen LogP contribution < -0.4 is 5.32 Å². The third kappa shape index (κ3) is 1.78. The molecule has 2 N–H and O–H groups in total. The third-order valence-electron chi connectivity index (χ3n) is 2.40. The van der Waals surface area contributed by atoms with Crippen LogP contribution in [-0.4, -0.2) is 54.1 Å². The van der Waals surface area contributed by atoms with Crippen molar-refractivity contribution >= 4 is 21.8 Å². The minimum atomic E-state index is -3.71. The first-order valence-electron chi connectivity index (χ1n) is 4.69. The number of rotatable bonds is 4. The van der Waals surface area contributed by atoms with Crippen molar-refractivity contribution in [1.82, 2.24) is 9.62 Å². The van der Waals surface area contributed by atoms with Gasteiger partial charge in [-0.15, -0.1) is 0 Å². The number of nitrogens with one attached hydrogen (secondary N) is 1. The first kappa shape index (κ1) is 12.9. The number of aliphatic hydroxyl groups excluding tert-OH is 1. The van der Waals surface area contributed by atoms with E-state index in [4.69, 9.17) is 5.11 Å². The van der Waals surface area contributed by atoms with E-state index in [1.807, 2.05) is 0 Å². The van der Waals surface area contributed by atoms with Gasteiger partial charge in [-0.25, -0.2) is 12.7 Å². The maximum atomic E-state index is 11.6. The summed E-state index contributed by atoms with van der Waals surface area (Å²) in [6.45, 7) is 1.87. The molecule has 16 heavy (non-hydrogen) atoms. The van der Waals surface area contributed by atoms with Gasteiger partial charge in [0.1, 0.15) is 6.54 Å². The highest BCUT2D eigenvalue weighted by Gasteiger charge is 2.60. The van der Waals surface area contributed by atoms with Gasteiger partial charge >= 0.3 is 0 Å². The molecular formula is C8H14N2O5S. The van der Waals surface area contributed by atoms with Crippen LogP contribution in [0.15, 0.2) is 0 Å². The summed E-state index contributed by atoms with van der Waals surface area (Å²) in [6.07, 6.45) is 0. The molecule has 1 aliphatic heterocycles. The van der Waals surface area contributed by atoms with Gasteiger partial charge in [0, 0.05) is 6.54 Å². The summed E-state index contributed by atoms with van der Waals surface area (Å²) in [6, 6.07) is 0. The van der Waals surface area contributed by atoms with Crippen molar-refractivity contribution in [2.45, 2.75) is 18.6 Å². The molecule has 7 nitrogen and oxygen atoms in total. The van der Waals surface area contributed by atoms with Crippen molar-refractivity contribution in [1.29, 1.82) is 0 Å². The highest BCUT2D eigenvalue weighted by molar-refractivity contribution is 7.94. The Morgan fingerprint density at radius 2 is 2.06 bits per heavy atom. The Hall–Kier alpha value is -1.15. The molecule has 0 atom stereocenters. The number of nitrogens with zero attached hydrogens (tertiary/aromatic N) is 1. The predicted molar refractivity (Wildman–Crippen MR) is 54.8 cm³/mol. The lowest BCUT2D eigenvalue weighted by molar-refractivity contribution is -0.136. The van der Waals surface area contributed by atoms with Gasteiger partial charge in [0.25, 0.3) is 15.9 Å². The van der Waals surface area contributed by atoms with Crippen LogP contribution in [0.4, 0.5) is 0 Å². The van der Waals surface area contributed by atoms with Gasteiger partial charge < -0.3 is 10.4 Å². The molecule has 0 radical (unpaired) electrons. The predicted octanol–water partition coefficient (Wildman–Crippen LogP) is -1.95. The number of hydrogen-bond donors (Lipinski definition) is 2. The molecule has 0 unspecified atom stereocenters. The molecule has 1 heterocycles. The quantitative estimate of drug-likeness (QED) is 0.603. The molecule has 0 aromatic carbocycles. The number of carbonyl (C=O) groups excluding carboxylic acids is 2. The highest BCUT2D eigenvalue weighted by atomic mass is 32.2. The van der Waals surface area contributed by atoms with Gasteiger partial charge in [0.15, 0.2) is 4.75 Å². The van der Waals surface area contributed by atoms with Crippen molar-refractivity contribution in [2.75, 3.05) is 19.7 Å². The van der Waals surface area contributed by atoms with E-state index in [-0.39, 0.29) is 13.2 Å². The minimum Gasteiger partial charge on any atom is -0.395 e. The number of amides is 2. The Kier molecular flexibility index (Phi) is 3.25. The Morgan fingerprint density at radius 3 is 2.50 bits per heavy atom. The molecule has 0 aromatic rings. The van der Waals surface area contributed by atoms with E-state index in [1.165, 1.54) is 13.8 Å². The van der Waals surface area contributed by atoms with E-state index < -0.39 is 33.1 Å². The molecule has 2 amide bonds. The van der Waals surface area contributed by atoms with Crippen molar-refractivity contribution in [3.8, 4) is 0 Å². The Bertz CT molecular complexity index is 414. The van der Waals surface area contributed by atoms with Gasteiger partial charge in [-0.05, 0) is 13.8 Å². The van der Waals surface area contributed by atoms with Gasteiger partial charge in [0.2, 0.25) is 5.91 Å². The summed E-state index contributed by atoms with van der Waals surface area (Å²) in [5, 5.41) is 10.7. The second kappa shape index (κ2) is 4.02. The summed E-state index contributed by atoms with van der Waals surface area (Å²) >= 11 is 0. The highest BCUT2D eigenvalue weighted by Crippen LogP contribution is 2.34. The third-order valence-corrected chi connectivity index (χ3v) is 4.74. The Labute approximate surface area is 93.5 Å². The number of carbonyl (C=O) groups is 2. The molecule has 8 heteroatoms. The van der Waals surface area contributed by atoms with E-state index in [0.29, 0.717) is 4.31 Å². The zero-order chi connectivity index (χ0) is 12.6. The maximum Gasteiger partial charge on any atom is 0.259 e. The smallest absolute Gasteiger partial charge is 0.259 e. The van der Waals surface area contributed by atoms with E-state index in [2.05, 4.69) is 5.32 Å². The zero-order valence-electron chi connectivity index (χ0n) is 9.06. The van der Waals surface area contributed by atoms with Crippen LogP contribution in [0.1, 0.15) is 13.8 Å². The molecule has 0 bridgehead atoms. The molecule has 0 aliphatic carbocycles. The van der Waals surface area contributed by atoms with Crippen LogP contribution in [0, 0.1) is 0 Å². The topological polar surface area (TPSA) is 104 Å². The van der Waals surface area contributed by atoms with Gasteiger partial charge in [0.05, 0.1) is 6.61 Å². The number of aliphatic hydroxyl groups is 1. The van der Waals surface area contributed by atoms with Crippen molar-refractivity contribution < 1.29 is 23.1 Å². The average Bonchev–Trinajstić information content (AvgIpc) is 2.21. The molecule has 0 spiro atoms. The van der Waals surface area contributed by atoms with Crippen LogP contribution in [0.3, 0.4) is 0 Å². The van der Waals surface area contributed by atoms with E-state index >= 15 is 0 Å². The zero-order valence-corrected chi connectivity index (χ0v) is 9.87. The fourth-order valence-electron chi connectivity index (χ4n) is 1.29. The second-order valence-corrected chi connectivity index (χ2v) is 6.31. The molecule has 1 rings (SSSR count). The van der Waals surface area contributed by atoms with Crippen LogP contribution in [0.25, 0.3) is 0 Å². The van der Waals surface area contributed by atoms with Gasteiger partial charge in [-0.1, -0.05) is 0 Å².